The van der Waals surface area contributed by atoms with Crippen LogP contribution in [0.15, 0.2) is 53.5 Å². The summed E-state index contributed by atoms with van der Waals surface area (Å²) >= 11 is 7.56. The molecular weight excluding hydrogens is 468 g/mol. The number of aromatic carboxylic acids is 1. The summed E-state index contributed by atoms with van der Waals surface area (Å²) in [6.07, 6.45) is 4.50. The van der Waals surface area contributed by atoms with Crippen LogP contribution in [0.2, 0.25) is 5.02 Å². The minimum absolute atomic E-state index is 0.178. The molecule has 3 aromatic rings. The van der Waals surface area contributed by atoms with Gasteiger partial charge in [-0.1, -0.05) is 44.5 Å². The summed E-state index contributed by atoms with van der Waals surface area (Å²) in [4.78, 5) is 30.4. The molecule has 0 saturated carbocycles. The molecule has 5 nitrogen and oxygen atoms in total. The molecule has 4 rings (SSSR count). The van der Waals surface area contributed by atoms with Crippen molar-refractivity contribution < 1.29 is 14.7 Å². The van der Waals surface area contributed by atoms with E-state index in [0.29, 0.717) is 27.2 Å². The highest BCUT2D eigenvalue weighted by Gasteiger charge is 2.33. The average Bonchev–Trinajstić information content (AvgIpc) is 3.16. The molecule has 0 spiro atoms. The summed E-state index contributed by atoms with van der Waals surface area (Å²) in [6.45, 7) is 6.80. The molecule has 0 aliphatic heterocycles. The van der Waals surface area contributed by atoms with Gasteiger partial charge in [0.2, 0.25) is 0 Å². The molecule has 0 saturated heterocycles. The predicted octanol–water partition coefficient (Wildman–Crippen LogP) is 7.25. The Labute approximate surface area is 208 Å². The summed E-state index contributed by atoms with van der Waals surface area (Å²) in [7, 11) is 0. The van der Waals surface area contributed by atoms with Crippen molar-refractivity contribution >= 4 is 51.7 Å². The van der Waals surface area contributed by atoms with Crippen LogP contribution in [0.25, 0.3) is 0 Å². The number of amides is 1. The maximum atomic E-state index is 13.4. The van der Waals surface area contributed by atoms with Gasteiger partial charge in [-0.2, -0.15) is 0 Å². The first-order valence-corrected chi connectivity index (χ1v) is 12.4. The molecule has 0 radical (unpaired) electrons. The SMILES string of the molecule is CC(C)(C)[C@H]1CCc2c(sc(N=Cc3ccc(C(=O)O)cc3)c2C(=O)Nc2ccc(Cl)cc2)C1. The van der Waals surface area contributed by atoms with E-state index in [2.05, 4.69) is 31.1 Å². The third-order valence-electron chi connectivity index (χ3n) is 6.29. The van der Waals surface area contributed by atoms with E-state index in [9.17, 15) is 9.59 Å². The van der Waals surface area contributed by atoms with Gasteiger partial charge in [-0.15, -0.1) is 11.3 Å². The highest BCUT2D eigenvalue weighted by atomic mass is 35.5. The first-order chi connectivity index (χ1) is 16.1. The smallest absolute Gasteiger partial charge is 0.335 e. The van der Waals surface area contributed by atoms with Crippen molar-refractivity contribution in [3.8, 4) is 0 Å². The Hall–Kier alpha value is -2.96. The fourth-order valence-electron chi connectivity index (χ4n) is 4.21. The Kier molecular flexibility index (Phi) is 6.91. The molecule has 2 N–H and O–H groups in total. The van der Waals surface area contributed by atoms with Crippen LogP contribution in [-0.4, -0.2) is 23.2 Å². The number of nitrogens with zero attached hydrogens (tertiary/aromatic N) is 1. The molecule has 34 heavy (non-hydrogen) atoms. The summed E-state index contributed by atoms with van der Waals surface area (Å²) < 4.78 is 0. The number of fused-ring (bicyclic) bond motifs is 1. The van der Waals surface area contributed by atoms with Gasteiger partial charge in [0.1, 0.15) is 5.00 Å². The minimum atomic E-state index is -0.969. The van der Waals surface area contributed by atoms with Crippen LogP contribution in [-0.2, 0) is 12.8 Å². The Balaban J connectivity index is 1.68. The van der Waals surface area contributed by atoms with Gasteiger partial charge in [-0.3, -0.25) is 4.79 Å². The zero-order valence-corrected chi connectivity index (χ0v) is 21.0. The lowest BCUT2D eigenvalue weighted by atomic mass is 9.72. The van der Waals surface area contributed by atoms with Gasteiger partial charge in [0, 0.05) is 21.8 Å². The number of carbonyl (C=O) groups excluding carboxylic acids is 1. The normalized spacial score (nSPS) is 15.8. The molecule has 1 aromatic heterocycles. The lowest BCUT2D eigenvalue weighted by Crippen LogP contribution is -2.27. The Bertz CT molecular complexity index is 1240. The number of aliphatic imine (C=N–C) groups is 1. The molecule has 0 bridgehead atoms. The van der Waals surface area contributed by atoms with Crippen LogP contribution in [0, 0.1) is 11.3 Å². The third-order valence-corrected chi connectivity index (χ3v) is 7.70. The minimum Gasteiger partial charge on any atom is -0.478 e. The number of rotatable bonds is 5. The van der Waals surface area contributed by atoms with Crippen LogP contribution in [0.1, 0.15) is 63.9 Å². The van der Waals surface area contributed by atoms with Gasteiger partial charge in [0.25, 0.3) is 5.91 Å². The number of halogens is 1. The quantitative estimate of drug-likeness (QED) is 0.366. The molecule has 176 valence electrons. The lowest BCUT2D eigenvalue weighted by Gasteiger charge is -2.33. The van der Waals surface area contributed by atoms with Crippen molar-refractivity contribution in [1.82, 2.24) is 0 Å². The fourth-order valence-corrected chi connectivity index (χ4v) is 5.60. The predicted molar refractivity (Wildman–Crippen MR) is 139 cm³/mol. The van der Waals surface area contributed by atoms with E-state index in [1.54, 1.807) is 66.1 Å². The molecular formula is C27H27ClN2O3S. The van der Waals surface area contributed by atoms with E-state index < -0.39 is 5.97 Å². The van der Waals surface area contributed by atoms with Gasteiger partial charge in [0.15, 0.2) is 0 Å². The van der Waals surface area contributed by atoms with Crippen LogP contribution in [0.5, 0.6) is 0 Å². The fraction of sp³-hybridized carbons (Fsp3) is 0.296. The topological polar surface area (TPSA) is 78.8 Å². The molecule has 1 aliphatic carbocycles. The second kappa shape index (κ2) is 9.72. The Morgan fingerprint density at radius 2 is 1.79 bits per heavy atom. The van der Waals surface area contributed by atoms with Crippen molar-refractivity contribution in [2.24, 2.45) is 16.3 Å². The molecule has 0 unspecified atom stereocenters. The number of carboxylic acid groups (broad SMARTS) is 1. The van der Waals surface area contributed by atoms with E-state index >= 15 is 0 Å². The number of hydrogen-bond donors (Lipinski definition) is 2. The number of carbonyl (C=O) groups is 2. The summed E-state index contributed by atoms with van der Waals surface area (Å²) in [6, 6.07) is 13.6. The van der Waals surface area contributed by atoms with E-state index in [1.165, 1.54) is 4.88 Å². The summed E-state index contributed by atoms with van der Waals surface area (Å²) in [5.41, 5.74) is 3.58. The van der Waals surface area contributed by atoms with Gasteiger partial charge in [0.05, 0.1) is 11.1 Å². The number of thiophene rings is 1. The molecule has 7 heteroatoms. The van der Waals surface area contributed by atoms with Crippen LogP contribution in [0.3, 0.4) is 0 Å². The van der Waals surface area contributed by atoms with E-state index in [-0.39, 0.29) is 16.9 Å². The maximum Gasteiger partial charge on any atom is 0.335 e. The van der Waals surface area contributed by atoms with Crippen molar-refractivity contribution in [3.05, 3.63) is 80.7 Å². The highest BCUT2D eigenvalue weighted by molar-refractivity contribution is 7.16. The Morgan fingerprint density at radius 3 is 2.41 bits per heavy atom. The van der Waals surface area contributed by atoms with Gasteiger partial charge >= 0.3 is 5.97 Å². The van der Waals surface area contributed by atoms with Gasteiger partial charge < -0.3 is 10.4 Å². The molecule has 1 amide bonds. The zero-order valence-electron chi connectivity index (χ0n) is 19.4. The van der Waals surface area contributed by atoms with Crippen LogP contribution < -0.4 is 5.32 Å². The first-order valence-electron chi connectivity index (χ1n) is 11.2. The number of nitrogens with one attached hydrogen (secondary N) is 1. The third kappa shape index (κ3) is 5.40. The van der Waals surface area contributed by atoms with Crippen molar-refractivity contribution in [2.45, 2.75) is 40.0 Å². The zero-order chi connectivity index (χ0) is 24.5. The van der Waals surface area contributed by atoms with Crippen molar-refractivity contribution in [2.75, 3.05) is 5.32 Å². The molecule has 2 aromatic carbocycles. The van der Waals surface area contributed by atoms with Gasteiger partial charge in [-0.25, -0.2) is 9.79 Å². The molecule has 1 atom stereocenters. The van der Waals surface area contributed by atoms with Crippen molar-refractivity contribution in [1.29, 1.82) is 0 Å². The molecule has 1 heterocycles. The van der Waals surface area contributed by atoms with Gasteiger partial charge in [-0.05, 0) is 78.1 Å². The lowest BCUT2D eigenvalue weighted by molar-refractivity contribution is 0.0696. The molecule has 0 fully saturated rings. The van der Waals surface area contributed by atoms with E-state index in [1.807, 2.05) is 0 Å². The monoisotopic (exact) mass is 494 g/mol. The second-order valence-corrected chi connectivity index (χ2v) is 11.2. The van der Waals surface area contributed by atoms with Crippen molar-refractivity contribution in [3.63, 3.8) is 0 Å². The number of benzene rings is 2. The summed E-state index contributed by atoms with van der Waals surface area (Å²) in [5.74, 6) is -0.599. The number of anilines is 1. The van der Waals surface area contributed by atoms with E-state index in [4.69, 9.17) is 16.7 Å². The second-order valence-electron chi connectivity index (χ2n) is 9.64. The van der Waals surface area contributed by atoms with Crippen LogP contribution in [0.4, 0.5) is 10.7 Å². The standard InChI is InChI=1S/C27H27ClN2O3S/c1-27(2,3)18-8-13-21-22(14-18)34-25(29-15-16-4-6-17(7-5-16)26(32)33)23(21)24(31)30-20-11-9-19(28)10-12-20/h4-7,9-12,15,18H,8,13-14H2,1-3H3,(H,30,31)(H,32,33)/t18-/m0/s1. The average molecular weight is 495 g/mol. The highest BCUT2D eigenvalue weighted by Crippen LogP contribution is 2.45. The first kappa shape index (κ1) is 24.2. The number of carboxylic acids is 1. The molecule has 1 aliphatic rings. The largest absolute Gasteiger partial charge is 0.478 e. The Morgan fingerprint density at radius 1 is 1.12 bits per heavy atom. The summed E-state index contributed by atoms with van der Waals surface area (Å²) in [5, 5.41) is 13.4. The maximum absolute atomic E-state index is 13.4. The number of hydrogen-bond acceptors (Lipinski definition) is 4. The van der Waals surface area contributed by atoms with Crippen LogP contribution >= 0.6 is 22.9 Å². The van der Waals surface area contributed by atoms with E-state index in [0.717, 1.165) is 30.4 Å².